The number of amides is 1. The van der Waals surface area contributed by atoms with E-state index in [4.69, 9.17) is 0 Å². The monoisotopic (exact) mass is 337 g/mol. The topological polar surface area (TPSA) is 37.4 Å². The van der Waals surface area contributed by atoms with Crippen LogP contribution in [-0.2, 0) is 17.8 Å². The normalized spacial score (nSPS) is 10.7. The number of Topliss-reactive ketones (excluding diaryl/α,β-unsaturated/α-hetero) is 1. The van der Waals surface area contributed by atoms with Crippen LogP contribution in [0.2, 0.25) is 0 Å². The lowest BCUT2D eigenvalue weighted by molar-refractivity contribution is -0.133. The molecule has 3 nitrogen and oxygen atoms in total. The molecule has 2 aromatic carbocycles. The Balaban J connectivity index is 1.94. The molecule has 2 aromatic rings. The summed E-state index contributed by atoms with van der Waals surface area (Å²) in [7, 11) is 0. The molecular formula is C22H27NO2. The van der Waals surface area contributed by atoms with E-state index in [1.54, 1.807) is 0 Å². The van der Waals surface area contributed by atoms with E-state index in [0.29, 0.717) is 12.1 Å². The molecule has 0 N–H and O–H groups in total. The van der Waals surface area contributed by atoms with E-state index >= 15 is 0 Å². The van der Waals surface area contributed by atoms with E-state index in [9.17, 15) is 9.59 Å². The van der Waals surface area contributed by atoms with Crippen LogP contribution >= 0.6 is 0 Å². The van der Waals surface area contributed by atoms with E-state index in [1.165, 1.54) is 5.56 Å². The summed E-state index contributed by atoms with van der Waals surface area (Å²) < 4.78 is 0. The first-order valence-electron chi connectivity index (χ1n) is 8.96. The van der Waals surface area contributed by atoms with Gasteiger partial charge in [0, 0.05) is 31.0 Å². The third-order valence-corrected chi connectivity index (χ3v) is 4.39. The number of carbonyl (C=O) groups excluding carboxylic acids is 2. The minimum absolute atomic E-state index is 0.0254. The van der Waals surface area contributed by atoms with Gasteiger partial charge in [0.15, 0.2) is 5.78 Å². The van der Waals surface area contributed by atoms with Crippen LogP contribution in [0.3, 0.4) is 0 Å². The summed E-state index contributed by atoms with van der Waals surface area (Å²) in [5, 5.41) is 0. The Morgan fingerprint density at radius 2 is 1.52 bits per heavy atom. The molecule has 2 rings (SSSR count). The molecule has 0 aliphatic rings. The Morgan fingerprint density at radius 3 is 2.08 bits per heavy atom. The molecule has 0 spiro atoms. The van der Waals surface area contributed by atoms with Crippen molar-refractivity contribution >= 4 is 11.7 Å². The van der Waals surface area contributed by atoms with Gasteiger partial charge in [-0.25, -0.2) is 0 Å². The molecule has 3 heteroatoms. The number of carbonyl (C=O) groups is 2. The number of hydrogen-bond acceptors (Lipinski definition) is 2. The molecule has 0 aliphatic heterocycles. The third-order valence-electron chi connectivity index (χ3n) is 4.39. The fourth-order valence-electron chi connectivity index (χ4n) is 2.77. The highest BCUT2D eigenvalue weighted by Gasteiger charge is 2.18. The zero-order valence-corrected chi connectivity index (χ0v) is 15.4. The summed E-state index contributed by atoms with van der Waals surface area (Å²) in [5.74, 6) is 0.0526. The fourth-order valence-corrected chi connectivity index (χ4v) is 2.77. The average Bonchev–Trinajstić information content (AvgIpc) is 2.64. The summed E-state index contributed by atoms with van der Waals surface area (Å²) in [6, 6.07) is 17.7. The summed E-state index contributed by atoms with van der Waals surface area (Å²) in [6.07, 6.45) is 1.46. The second kappa shape index (κ2) is 9.16. The van der Waals surface area contributed by atoms with Crippen molar-refractivity contribution < 1.29 is 9.59 Å². The Kier molecular flexibility index (Phi) is 6.93. The summed E-state index contributed by atoms with van der Waals surface area (Å²) in [5.41, 5.74) is 3.00. The number of hydrogen-bond donors (Lipinski definition) is 0. The van der Waals surface area contributed by atoms with E-state index in [0.717, 1.165) is 12.0 Å². The number of benzene rings is 2. The molecule has 0 saturated heterocycles. The van der Waals surface area contributed by atoms with Gasteiger partial charge in [-0.15, -0.1) is 0 Å². The van der Waals surface area contributed by atoms with Crippen LogP contribution in [0.5, 0.6) is 0 Å². The molecule has 0 aromatic heterocycles. The molecule has 1 amide bonds. The minimum Gasteiger partial charge on any atom is -0.336 e. The minimum atomic E-state index is 0.0254. The van der Waals surface area contributed by atoms with Gasteiger partial charge in [0.25, 0.3) is 0 Å². The zero-order chi connectivity index (χ0) is 18.2. The maximum atomic E-state index is 12.6. The lowest BCUT2D eigenvalue weighted by Crippen LogP contribution is -2.36. The highest BCUT2D eigenvalue weighted by atomic mass is 16.2. The Labute approximate surface area is 150 Å². The van der Waals surface area contributed by atoms with E-state index in [1.807, 2.05) is 73.3 Å². The highest BCUT2D eigenvalue weighted by Crippen LogP contribution is 2.13. The van der Waals surface area contributed by atoms with Crippen molar-refractivity contribution in [1.29, 1.82) is 0 Å². The molecule has 0 aliphatic carbocycles. The fraction of sp³-hybridized carbons (Fsp3) is 0.364. The molecule has 0 radical (unpaired) electrons. The molecule has 0 atom stereocenters. The van der Waals surface area contributed by atoms with Crippen molar-refractivity contribution in [1.82, 2.24) is 4.90 Å². The number of nitrogens with zero attached hydrogens (tertiary/aromatic N) is 1. The lowest BCUT2D eigenvalue weighted by atomic mass is 10.0. The van der Waals surface area contributed by atoms with Crippen molar-refractivity contribution in [2.75, 3.05) is 0 Å². The van der Waals surface area contributed by atoms with Crippen molar-refractivity contribution in [2.45, 2.75) is 52.6 Å². The molecule has 25 heavy (non-hydrogen) atoms. The molecular weight excluding hydrogens is 310 g/mol. The first-order valence-corrected chi connectivity index (χ1v) is 8.96. The van der Waals surface area contributed by atoms with Crippen LogP contribution in [0, 0.1) is 0 Å². The molecule has 0 unspecified atom stereocenters. The van der Waals surface area contributed by atoms with Gasteiger partial charge in [-0.3, -0.25) is 9.59 Å². The standard InChI is InChI=1S/C22H27NO2/c1-4-18-10-12-20(13-11-18)21(24)14-15-22(25)23(17(2)3)16-19-8-6-5-7-9-19/h5-13,17H,4,14-16H2,1-3H3. The number of aryl methyl sites for hydroxylation is 1. The zero-order valence-electron chi connectivity index (χ0n) is 15.4. The Hall–Kier alpha value is -2.42. The quantitative estimate of drug-likeness (QED) is 0.658. The van der Waals surface area contributed by atoms with Gasteiger partial charge < -0.3 is 4.90 Å². The third kappa shape index (κ3) is 5.56. The largest absolute Gasteiger partial charge is 0.336 e. The van der Waals surface area contributed by atoms with E-state index in [2.05, 4.69) is 6.92 Å². The van der Waals surface area contributed by atoms with Gasteiger partial charge in [-0.1, -0.05) is 61.5 Å². The summed E-state index contributed by atoms with van der Waals surface area (Å²) in [6.45, 7) is 6.68. The average molecular weight is 337 g/mol. The van der Waals surface area contributed by atoms with Gasteiger partial charge in [0.1, 0.15) is 0 Å². The molecule has 0 saturated carbocycles. The van der Waals surface area contributed by atoms with E-state index < -0.39 is 0 Å². The van der Waals surface area contributed by atoms with Crippen molar-refractivity contribution in [2.24, 2.45) is 0 Å². The van der Waals surface area contributed by atoms with Crippen molar-refractivity contribution in [3.63, 3.8) is 0 Å². The molecule has 0 bridgehead atoms. The van der Waals surface area contributed by atoms with Gasteiger partial charge >= 0.3 is 0 Å². The van der Waals surface area contributed by atoms with Crippen LogP contribution in [0.1, 0.15) is 55.1 Å². The van der Waals surface area contributed by atoms with Crippen LogP contribution in [-0.4, -0.2) is 22.6 Å². The molecule has 0 heterocycles. The lowest BCUT2D eigenvalue weighted by Gasteiger charge is -2.27. The van der Waals surface area contributed by atoms with Gasteiger partial charge in [-0.2, -0.15) is 0 Å². The smallest absolute Gasteiger partial charge is 0.223 e. The van der Waals surface area contributed by atoms with Crippen molar-refractivity contribution in [3.05, 3.63) is 71.3 Å². The maximum absolute atomic E-state index is 12.6. The Bertz CT molecular complexity index is 690. The van der Waals surface area contributed by atoms with Crippen LogP contribution < -0.4 is 0 Å². The predicted molar refractivity (Wildman–Crippen MR) is 102 cm³/mol. The maximum Gasteiger partial charge on any atom is 0.223 e. The second-order valence-corrected chi connectivity index (χ2v) is 6.57. The van der Waals surface area contributed by atoms with Crippen molar-refractivity contribution in [3.8, 4) is 0 Å². The SMILES string of the molecule is CCc1ccc(C(=O)CCC(=O)N(Cc2ccccc2)C(C)C)cc1. The molecule has 132 valence electrons. The van der Waals surface area contributed by atoms with Gasteiger partial charge in [0.2, 0.25) is 5.91 Å². The molecule has 0 fully saturated rings. The van der Waals surface area contributed by atoms with Crippen LogP contribution in [0.25, 0.3) is 0 Å². The van der Waals surface area contributed by atoms with Gasteiger partial charge in [0.05, 0.1) is 0 Å². The first-order chi connectivity index (χ1) is 12.0. The first kappa shape index (κ1) is 18.9. The van der Waals surface area contributed by atoms with Gasteiger partial charge in [-0.05, 0) is 31.4 Å². The summed E-state index contributed by atoms with van der Waals surface area (Å²) in [4.78, 5) is 26.8. The Morgan fingerprint density at radius 1 is 0.880 bits per heavy atom. The van der Waals surface area contributed by atoms with E-state index in [-0.39, 0.29) is 30.6 Å². The van der Waals surface area contributed by atoms with Crippen LogP contribution in [0.15, 0.2) is 54.6 Å². The highest BCUT2D eigenvalue weighted by molar-refractivity contribution is 5.98. The number of rotatable bonds is 8. The number of ketones is 1. The summed E-state index contributed by atoms with van der Waals surface area (Å²) >= 11 is 0. The van der Waals surface area contributed by atoms with Crippen LogP contribution in [0.4, 0.5) is 0 Å². The predicted octanol–water partition coefficient (Wildman–Crippen LogP) is 4.65. The second-order valence-electron chi connectivity index (χ2n) is 6.57.